The summed E-state index contributed by atoms with van der Waals surface area (Å²) < 4.78 is 1.72. The van der Waals surface area contributed by atoms with Crippen molar-refractivity contribution in [2.24, 2.45) is 0 Å². The fourth-order valence-electron chi connectivity index (χ4n) is 3.64. The number of rotatable bonds is 7. The van der Waals surface area contributed by atoms with Gasteiger partial charge in [-0.2, -0.15) is 0 Å². The van der Waals surface area contributed by atoms with Crippen LogP contribution in [-0.4, -0.2) is 15.6 Å². The van der Waals surface area contributed by atoms with Crippen molar-refractivity contribution in [1.82, 2.24) is 4.57 Å². The van der Waals surface area contributed by atoms with Gasteiger partial charge in [0.1, 0.15) is 5.02 Å². The number of aryl methyl sites for hydroxylation is 1. The van der Waals surface area contributed by atoms with Crippen LogP contribution in [0.25, 0.3) is 12.2 Å². The van der Waals surface area contributed by atoms with Gasteiger partial charge >= 0.3 is 5.97 Å². The molecule has 4 nitrogen and oxygen atoms in total. The number of aromatic nitrogens is 1. The van der Waals surface area contributed by atoms with Gasteiger partial charge in [-0.3, -0.25) is 4.79 Å². The third-order valence-electron chi connectivity index (χ3n) is 5.44. The van der Waals surface area contributed by atoms with Gasteiger partial charge in [0, 0.05) is 17.3 Å². The van der Waals surface area contributed by atoms with Crippen LogP contribution >= 0.6 is 23.2 Å². The average Bonchev–Trinajstić information content (AvgIpc) is 3.59. The Morgan fingerprint density at radius 3 is 2.45 bits per heavy atom. The summed E-state index contributed by atoms with van der Waals surface area (Å²) in [5, 5.41) is 9.95. The number of carboxylic acids is 1. The van der Waals surface area contributed by atoms with Crippen molar-refractivity contribution < 1.29 is 9.90 Å². The van der Waals surface area contributed by atoms with Gasteiger partial charge in [0.2, 0.25) is 0 Å². The Bertz CT molecular complexity index is 1210. The summed E-state index contributed by atoms with van der Waals surface area (Å²) in [6, 6.07) is 16.1. The van der Waals surface area contributed by atoms with Crippen molar-refractivity contribution >= 4 is 41.3 Å². The average molecular weight is 454 g/mol. The lowest BCUT2D eigenvalue weighted by Gasteiger charge is -2.16. The maximum Gasteiger partial charge on any atom is 0.335 e. The Hall–Kier alpha value is -2.82. The molecule has 0 saturated heterocycles. The summed E-state index contributed by atoms with van der Waals surface area (Å²) in [7, 11) is 0. The van der Waals surface area contributed by atoms with Gasteiger partial charge in [-0.25, -0.2) is 4.79 Å². The third kappa shape index (κ3) is 5.09. The molecule has 0 aliphatic heterocycles. The van der Waals surface area contributed by atoms with Crippen LogP contribution in [0.2, 0.25) is 10.0 Å². The molecule has 0 bridgehead atoms. The van der Waals surface area contributed by atoms with E-state index >= 15 is 0 Å². The predicted octanol–water partition coefficient (Wildman–Crippen LogP) is 6.14. The molecule has 0 spiro atoms. The Kier molecular flexibility index (Phi) is 6.30. The second-order valence-corrected chi connectivity index (χ2v) is 8.55. The van der Waals surface area contributed by atoms with Gasteiger partial charge in [0.15, 0.2) is 0 Å². The fraction of sp³-hybridized carbons (Fsp3) is 0.200. The molecule has 1 saturated carbocycles. The van der Waals surface area contributed by atoms with Crippen molar-refractivity contribution in [3.8, 4) is 0 Å². The standard InChI is InChI=1S/C25H21Cl2NO3/c26-20-3-1-2-17(14-20)6-11-23-21(18-9-10-18)15-22(27)24(29)28(23)13-12-16-4-7-19(8-5-16)25(30)31/h1-8,11,14-15,18H,9-10,12-13H2,(H,30,31). The van der Waals surface area contributed by atoms with Crippen LogP contribution in [0, 0.1) is 0 Å². The van der Waals surface area contributed by atoms with Crippen molar-refractivity contribution in [3.63, 3.8) is 0 Å². The number of carbonyl (C=O) groups is 1. The van der Waals surface area contributed by atoms with E-state index in [1.165, 1.54) is 0 Å². The monoisotopic (exact) mass is 453 g/mol. The minimum atomic E-state index is -0.958. The minimum Gasteiger partial charge on any atom is -0.478 e. The number of pyridine rings is 1. The van der Waals surface area contributed by atoms with E-state index in [1.807, 2.05) is 36.4 Å². The van der Waals surface area contributed by atoms with Crippen LogP contribution in [0.1, 0.15) is 51.5 Å². The zero-order chi connectivity index (χ0) is 22.0. The van der Waals surface area contributed by atoms with Crippen LogP contribution in [0.3, 0.4) is 0 Å². The largest absolute Gasteiger partial charge is 0.478 e. The van der Waals surface area contributed by atoms with Gasteiger partial charge in [0.25, 0.3) is 5.56 Å². The Morgan fingerprint density at radius 1 is 1.06 bits per heavy atom. The van der Waals surface area contributed by atoms with Crippen LogP contribution in [0.4, 0.5) is 0 Å². The van der Waals surface area contributed by atoms with Gasteiger partial charge < -0.3 is 9.67 Å². The zero-order valence-corrected chi connectivity index (χ0v) is 18.2. The molecule has 158 valence electrons. The molecule has 0 unspecified atom stereocenters. The highest BCUT2D eigenvalue weighted by atomic mass is 35.5. The molecule has 31 heavy (non-hydrogen) atoms. The Balaban J connectivity index is 1.68. The van der Waals surface area contributed by atoms with Crippen molar-refractivity contribution in [2.75, 3.05) is 0 Å². The smallest absolute Gasteiger partial charge is 0.335 e. The second-order valence-electron chi connectivity index (χ2n) is 7.70. The maximum atomic E-state index is 12.9. The highest BCUT2D eigenvalue weighted by Crippen LogP contribution is 2.42. The van der Waals surface area contributed by atoms with Gasteiger partial charge in [-0.05, 0) is 78.3 Å². The summed E-state index contributed by atoms with van der Waals surface area (Å²) in [6.45, 7) is 0.445. The van der Waals surface area contributed by atoms with Gasteiger partial charge in [0.05, 0.1) is 5.56 Å². The molecule has 4 rings (SSSR count). The van der Waals surface area contributed by atoms with Gasteiger partial charge in [-0.1, -0.05) is 53.5 Å². The first kappa shape index (κ1) is 21.4. The van der Waals surface area contributed by atoms with E-state index in [0.29, 0.717) is 23.9 Å². The van der Waals surface area contributed by atoms with Crippen LogP contribution in [0.5, 0.6) is 0 Å². The van der Waals surface area contributed by atoms with Crippen LogP contribution < -0.4 is 5.56 Å². The third-order valence-corrected chi connectivity index (χ3v) is 5.95. The molecule has 1 aliphatic rings. The topological polar surface area (TPSA) is 59.3 Å². The number of carboxylic acid groups (broad SMARTS) is 1. The summed E-state index contributed by atoms with van der Waals surface area (Å²) in [4.78, 5) is 24.0. The Morgan fingerprint density at radius 2 is 1.81 bits per heavy atom. The molecule has 0 radical (unpaired) electrons. The van der Waals surface area contributed by atoms with E-state index < -0.39 is 5.97 Å². The summed E-state index contributed by atoms with van der Waals surface area (Å²) in [5.74, 6) is -0.543. The first-order valence-corrected chi connectivity index (χ1v) is 10.9. The van der Waals surface area contributed by atoms with E-state index in [4.69, 9.17) is 28.3 Å². The maximum absolute atomic E-state index is 12.9. The molecule has 1 heterocycles. The van der Waals surface area contributed by atoms with E-state index in [1.54, 1.807) is 34.9 Å². The molecule has 1 aromatic heterocycles. The molecule has 1 aliphatic carbocycles. The zero-order valence-electron chi connectivity index (χ0n) is 16.7. The highest BCUT2D eigenvalue weighted by molar-refractivity contribution is 6.31. The predicted molar refractivity (Wildman–Crippen MR) is 125 cm³/mol. The lowest BCUT2D eigenvalue weighted by Crippen LogP contribution is -2.25. The number of hydrogen-bond acceptors (Lipinski definition) is 2. The quantitative estimate of drug-likeness (QED) is 0.466. The minimum absolute atomic E-state index is 0.223. The molecular formula is C25H21Cl2NO3. The number of aromatic carboxylic acids is 1. The number of halogens is 2. The van der Waals surface area contributed by atoms with E-state index in [-0.39, 0.29) is 16.1 Å². The molecule has 6 heteroatoms. The summed E-state index contributed by atoms with van der Waals surface area (Å²) >= 11 is 12.4. The SMILES string of the molecule is O=C(O)c1ccc(CCn2c(C=Cc3cccc(Cl)c3)c(C3CC3)cc(Cl)c2=O)cc1. The molecular weight excluding hydrogens is 433 g/mol. The van der Waals surface area contributed by atoms with Crippen molar-refractivity contribution in [2.45, 2.75) is 31.7 Å². The molecule has 1 N–H and O–H groups in total. The summed E-state index contributed by atoms with van der Waals surface area (Å²) in [5.41, 5.74) is 3.87. The summed E-state index contributed by atoms with van der Waals surface area (Å²) in [6.07, 6.45) is 6.68. The van der Waals surface area contributed by atoms with E-state index in [2.05, 4.69) is 0 Å². The molecule has 0 amide bonds. The Labute approximate surface area is 190 Å². The first-order valence-electron chi connectivity index (χ1n) is 10.1. The number of hydrogen-bond donors (Lipinski definition) is 1. The fourth-order valence-corrected chi connectivity index (χ4v) is 4.05. The molecule has 1 fully saturated rings. The van der Waals surface area contributed by atoms with Crippen molar-refractivity contribution in [3.05, 3.63) is 103 Å². The van der Waals surface area contributed by atoms with Crippen LogP contribution in [0.15, 0.2) is 59.4 Å². The lowest BCUT2D eigenvalue weighted by molar-refractivity contribution is 0.0697. The molecule has 2 aromatic carbocycles. The van der Waals surface area contributed by atoms with E-state index in [9.17, 15) is 9.59 Å². The van der Waals surface area contributed by atoms with Crippen molar-refractivity contribution in [1.29, 1.82) is 0 Å². The van der Waals surface area contributed by atoms with E-state index in [0.717, 1.165) is 35.2 Å². The lowest BCUT2D eigenvalue weighted by atomic mass is 10.1. The van der Waals surface area contributed by atoms with Crippen LogP contribution in [-0.2, 0) is 13.0 Å². The molecule has 0 atom stereocenters. The first-order chi connectivity index (χ1) is 14.9. The number of benzene rings is 2. The normalized spacial score (nSPS) is 13.6. The van der Waals surface area contributed by atoms with Gasteiger partial charge in [-0.15, -0.1) is 0 Å². The second kappa shape index (κ2) is 9.13. The molecule has 3 aromatic rings. The highest BCUT2D eigenvalue weighted by Gasteiger charge is 2.28. The number of nitrogens with zero attached hydrogens (tertiary/aromatic N) is 1.